The number of carbonyl (C=O) groups excluding carboxylic acids is 2. The third kappa shape index (κ3) is 3.49. The minimum Gasteiger partial charge on any atom is -0.494 e. The number of amides is 3. The molecule has 5 aromatic rings. The summed E-state index contributed by atoms with van der Waals surface area (Å²) in [4.78, 5) is 29.3. The Kier molecular flexibility index (Phi) is 4.85. The number of imidazole rings is 1. The summed E-state index contributed by atoms with van der Waals surface area (Å²) in [6.45, 7) is -0.0777. The molecule has 0 radical (unpaired) electrons. The van der Waals surface area contributed by atoms with Crippen molar-refractivity contribution in [2.75, 3.05) is 0 Å². The number of aromatic hydroxyl groups is 1. The highest BCUT2D eigenvalue weighted by Crippen LogP contribution is 2.34. The van der Waals surface area contributed by atoms with E-state index in [0.29, 0.717) is 16.3 Å². The molecule has 1 fully saturated rings. The third-order valence-electron chi connectivity index (χ3n) is 6.55. The average molecular weight is 481 g/mol. The molecule has 3 N–H and O–H groups in total. The first-order chi connectivity index (χ1) is 17.4. The Hall–Kier alpha value is -4.92. The van der Waals surface area contributed by atoms with Crippen LogP contribution in [0.5, 0.6) is 5.88 Å². The molecule has 3 aromatic carbocycles. The Balaban J connectivity index is 1.35. The van der Waals surface area contributed by atoms with Gasteiger partial charge in [0.05, 0.1) is 12.9 Å². The maximum absolute atomic E-state index is 13.7. The summed E-state index contributed by atoms with van der Waals surface area (Å²) in [5.41, 5.74) is 1.99. The maximum atomic E-state index is 13.7. The van der Waals surface area contributed by atoms with Gasteiger partial charge in [0.2, 0.25) is 0 Å². The van der Waals surface area contributed by atoms with Crippen molar-refractivity contribution >= 4 is 22.7 Å². The van der Waals surface area contributed by atoms with Crippen molar-refractivity contribution in [1.82, 2.24) is 24.8 Å². The van der Waals surface area contributed by atoms with Crippen LogP contribution < -0.4 is 10.6 Å². The van der Waals surface area contributed by atoms with Crippen LogP contribution in [0, 0.1) is 5.82 Å². The highest BCUT2D eigenvalue weighted by molar-refractivity contribution is 6.07. The van der Waals surface area contributed by atoms with Gasteiger partial charge >= 0.3 is 6.03 Å². The van der Waals surface area contributed by atoms with E-state index < -0.39 is 23.3 Å². The zero-order valence-corrected chi connectivity index (χ0v) is 18.9. The van der Waals surface area contributed by atoms with Gasteiger partial charge in [-0.05, 0) is 47.0 Å². The number of imide groups is 1. The molecule has 1 atom stereocenters. The molecule has 178 valence electrons. The monoisotopic (exact) mass is 481 g/mol. The molecular formula is C27H20FN5O3. The summed E-state index contributed by atoms with van der Waals surface area (Å²) in [5, 5.41) is 16.7. The SMILES string of the molecule is O=C1NC(=O)C(Cn2cc3ccc(F)cc3c2O)(c2ccc(-c3ccc(-n4ccnc4)cc3)cc2)N1. The first-order valence-electron chi connectivity index (χ1n) is 11.2. The molecule has 1 saturated heterocycles. The first-order valence-corrected chi connectivity index (χ1v) is 11.2. The molecule has 3 heterocycles. The zero-order valence-electron chi connectivity index (χ0n) is 18.9. The summed E-state index contributed by atoms with van der Waals surface area (Å²) in [7, 11) is 0. The van der Waals surface area contributed by atoms with Gasteiger partial charge in [0.1, 0.15) is 5.82 Å². The fourth-order valence-electron chi connectivity index (χ4n) is 4.68. The molecule has 8 nitrogen and oxygen atoms in total. The second-order valence-corrected chi connectivity index (χ2v) is 8.72. The number of fused-ring (bicyclic) bond motifs is 1. The van der Waals surface area contributed by atoms with E-state index in [1.807, 2.05) is 47.2 Å². The third-order valence-corrected chi connectivity index (χ3v) is 6.55. The molecule has 2 aromatic heterocycles. The largest absolute Gasteiger partial charge is 0.494 e. The second kappa shape index (κ2) is 8.09. The Morgan fingerprint density at radius 1 is 0.972 bits per heavy atom. The number of urea groups is 1. The van der Waals surface area contributed by atoms with Crippen molar-refractivity contribution in [3.8, 4) is 22.7 Å². The van der Waals surface area contributed by atoms with Crippen LogP contribution in [0.4, 0.5) is 9.18 Å². The molecule has 0 bridgehead atoms. The van der Waals surface area contributed by atoms with Crippen LogP contribution in [0.3, 0.4) is 0 Å². The van der Waals surface area contributed by atoms with Crippen molar-refractivity contribution in [2.24, 2.45) is 0 Å². The normalized spacial score (nSPS) is 17.4. The lowest BCUT2D eigenvalue weighted by atomic mass is 9.88. The van der Waals surface area contributed by atoms with E-state index in [4.69, 9.17) is 0 Å². The smallest absolute Gasteiger partial charge is 0.322 e. The summed E-state index contributed by atoms with van der Waals surface area (Å²) < 4.78 is 17.1. The number of halogens is 1. The Morgan fingerprint density at radius 3 is 2.33 bits per heavy atom. The van der Waals surface area contributed by atoms with Crippen LogP contribution in [0.2, 0.25) is 0 Å². The second-order valence-electron chi connectivity index (χ2n) is 8.72. The number of carbonyl (C=O) groups is 2. The lowest BCUT2D eigenvalue weighted by Crippen LogP contribution is -2.47. The van der Waals surface area contributed by atoms with Crippen LogP contribution in [0.1, 0.15) is 5.56 Å². The van der Waals surface area contributed by atoms with Gasteiger partial charge in [-0.1, -0.05) is 36.4 Å². The topological polar surface area (TPSA) is 101 Å². The van der Waals surface area contributed by atoms with E-state index in [1.54, 1.807) is 36.9 Å². The van der Waals surface area contributed by atoms with E-state index in [1.165, 1.54) is 16.7 Å². The summed E-state index contributed by atoms with van der Waals surface area (Å²) in [5.74, 6) is -1.20. The van der Waals surface area contributed by atoms with E-state index in [9.17, 15) is 19.1 Å². The Labute approximate surface area is 204 Å². The van der Waals surface area contributed by atoms with E-state index in [2.05, 4.69) is 15.6 Å². The molecule has 3 amide bonds. The minimum atomic E-state index is -1.45. The van der Waals surface area contributed by atoms with Crippen LogP contribution in [-0.2, 0) is 16.9 Å². The molecule has 1 aliphatic rings. The number of nitrogens with zero attached hydrogens (tertiary/aromatic N) is 3. The van der Waals surface area contributed by atoms with Crippen LogP contribution in [0.25, 0.3) is 27.6 Å². The number of hydrogen-bond donors (Lipinski definition) is 3. The number of hydrogen-bond acceptors (Lipinski definition) is 4. The van der Waals surface area contributed by atoms with Crippen LogP contribution in [-0.4, -0.2) is 31.2 Å². The zero-order chi connectivity index (χ0) is 24.9. The quantitative estimate of drug-likeness (QED) is 0.330. The van der Waals surface area contributed by atoms with Crippen molar-refractivity contribution in [2.45, 2.75) is 12.1 Å². The van der Waals surface area contributed by atoms with Gasteiger partial charge in [-0.3, -0.25) is 10.1 Å². The van der Waals surface area contributed by atoms with Gasteiger partial charge in [0.15, 0.2) is 11.4 Å². The number of rotatable bonds is 5. The maximum Gasteiger partial charge on any atom is 0.322 e. The molecule has 1 aliphatic heterocycles. The Morgan fingerprint density at radius 2 is 1.69 bits per heavy atom. The first kappa shape index (κ1) is 21.6. The highest BCUT2D eigenvalue weighted by atomic mass is 19.1. The molecule has 0 aliphatic carbocycles. The lowest BCUT2D eigenvalue weighted by Gasteiger charge is -2.27. The Bertz CT molecular complexity index is 1610. The van der Waals surface area contributed by atoms with Gasteiger partial charge in [-0.25, -0.2) is 14.2 Å². The molecule has 0 spiro atoms. The molecule has 1 unspecified atom stereocenters. The molecule has 0 saturated carbocycles. The summed E-state index contributed by atoms with van der Waals surface area (Å²) in [6, 6.07) is 18.7. The van der Waals surface area contributed by atoms with Crippen molar-refractivity contribution < 1.29 is 19.1 Å². The van der Waals surface area contributed by atoms with Crippen molar-refractivity contribution in [3.05, 3.63) is 103 Å². The molecule has 9 heteroatoms. The lowest BCUT2D eigenvalue weighted by molar-refractivity contribution is -0.124. The molecular weight excluding hydrogens is 461 g/mol. The van der Waals surface area contributed by atoms with Crippen LogP contribution in [0.15, 0.2) is 91.6 Å². The van der Waals surface area contributed by atoms with Crippen molar-refractivity contribution in [3.63, 3.8) is 0 Å². The number of nitrogens with one attached hydrogen (secondary N) is 2. The predicted molar refractivity (Wildman–Crippen MR) is 131 cm³/mol. The molecule has 6 rings (SSSR count). The highest BCUT2D eigenvalue weighted by Gasteiger charge is 2.48. The van der Waals surface area contributed by atoms with Gasteiger partial charge in [0.25, 0.3) is 5.91 Å². The average Bonchev–Trinajstić information content (AvgIpc) is 3.59. The van der Waals surface area contributed by atoms with E-state index >= 15 is 0 Å². The predicted octanol–water partition coefficient (Wildman–Crippen LogP) is 4.07. The standard InChI is InChI=1S/C27H20FN5O3/c28-21-8-3-19-14-33(24(34)23(19)13-21)15-27(25(35)30-26(36)31-27)20-6-1-17(2-7-20)18-4-9-22(10-5-18)32-12-11-29-16-32/h1-14,16,34H,15H2,(H2,30,31,35,36). The van der Waals surface area contributed by atoms with Gasteiger partial charge < -0.3 is 19.6 Å². The van der Waals surface area contributed by atoms with Gasteiger partial charge in [-0.15, -0.1) is 0 Å². The number of benzene rings is 3. The number of aromatic nitrogens is 3. The molecule has 36 heavy (non-hydrogen) atoms. The van der Waals surface area contributed by atoms with Gasteiger partial charge in [-0.2, -0.15) is 0 Å². The minimum absolute atomic E-state index is 0.0777. The summed E-state index contributed by atoms with van der Waals surface area (Å²) in [6.07, 6.45) is 6.94. The van der Waals surface area contributed by atoms with Crippen LogP contribution >= 0.6 is 0 Å². The van der Waals surface area contributed by atoms with Gasteiger partial charge in [0, 0.05) is 35.1 Å². The fourth-order valence-corrected chi connectivity index (χ4v) is 4.68. The fraction of sp³-hybridized carbons (Fsp3) is 0.0741. The van der Waals surface area contributed by atoms with E-state index in [-0.39, 0.29) is 12.4 Å². The summed E-state index contributed by atoms with van der Waals surface area (Å²) >= 11 is 0. The van der Waals surface area contributed by atoms with Crippen molar-refractivity contribution in [1.29, 1.82) is 0 Å². The van der Waals surface area contributed by atoms with E-state index in [0.717, 1.165) is 16.8 Å².